The third-order valence-electron chi connectivity index (χ3n) is 3.87. The van der Waals surface area contributed by atoms with Crippen molar-refractivity contribution in [3.63, 3.8) is 0 Å². The Hall–Kier alpha value is -2.40. The molecular formula is C16H22FN5O4S. The Bertz CT molecular complexity index is 896. The van der Waals surface area contributed by atoms with Crippen molar-refractivity contribution in [2.45, 2.75) is 45.2 Å². The molecule has 0 atom stereocenters. The summed E-state index contributed by atoms with van der Waals surface area (Å²) < 4.78 is 47.0. The Morgan fingerprint density at radius 2 is 1.96 bits per heavy atom. The summed E-state index contributed by atoms with van der Waals surface area (Å²) in [4.78, 5) is 12.1. The number of hydrogen-bond donors (Lipinski definition) is 0. The zero-order valence-corrected chi connectivity index (χ0v) is 16.2. The molecule has 1 heterocycles. The number of halogens is 1. The van der Waals surface area contributed by atoms with E-state index in [4.69, 9.17) is 4.74 Å². The molecule has 2 rings (SSSR count). The number of aryl methyl sites for hydroxylation is 1. The number of tetrazole rings is 1. The molecule has 0 fully saturated rings. The van der Waals surface area contributed by atoms with Crippen molar-refractivity contribution in [3.8, 4) is 0 Å². The fraction of sp³-hybridized carbons (Fsp3) is 0.500. The van der Waals surface area contributed by atoms with Crippen LogP contribution in [0, 0.1) is 5.82 Å². The number of hydrogen-bond acceptors (Lipinski definition) is 7. The van der Waals surface area contributed by atoms with Crippen LogP contribution < -0.4 is 0 Å². The molecule has 0 aliphatic rings. The van der Waals surface area contributed by atoms with Crippen LogP contribution in [0.15, 0.2) is 23.1 Å². The Morgan fingerprint density at radius 1 is 1.26 bits per heavy atom. The maximum atomic E-state index is 14.1. The molecule has 0 radical (unpaired) electrons. The van der Waals surface area contributed by atoms with E-state index in [1.54, 1.807) is 13.8 Å². The van der Waals surface area contributed by atoms with Crippen LogP contribution >= 0.6 is 0 Å². The first-order chi connectivity index (χ1) is 12.8. The van der Waals surface area contributed by atoms with Gasteiger partial charge in [-0.3, -0.25) is 0 Å². The van der Waals surface area contributed by atoms with Crippen molar-refractivity contribution >= 4 is 16.0 Å². The summed E-state index contributed by atoms with van der Waals surface area (Å²) in [5.41, 5.74) is -0.460. The molecule has 0 N–H and O–H groups in total. The van der Waals surface area contributed by atoms with E-state index in [-0.39, 0.29) is 24.6 Å². The average Bonchev–Trinajstić information content (AvgIpc) is 3.08. The average molecular weight is 399 g/mol. The summed E-state index contributed by atoms with van der Waals surface area (Å²) >= 11 is 0. The topological polar surface area (TPSA) is 107 Å². The number of carbonyl (C=O) groups excluding carboxylic acids is 1. The second-order valence-electron chi connectivity index (χ2n) is 5.63. The van der Waals surface area contributed by atoms with Crippen molar-refractivity contribution in [1.29, 1.82) is 0 Å². The maximum Gasteiger partial charge on any atom is 0.341 e. The number of carbonyl (C=O) groups is 1. The number of sulfonamides is 1. The monoisotopic (exact) mass is 399 g/mol. The van der Waals surface area contributed by atoms with Gasteiger partial charge in [-0.15, -0.1) is 5.10 Å². The third kappa shape index (κ3) is 4.66. The molecule has 9 nitrogen and oxygen atoms in total. The summed E-state index contributed by atoms with van der Waals surface area (Å²) in [6.07, 6.45) is 0.784. The lowest BCUT2D eigenvalue weighted by molar-refractivity contribution is 0.0450. The lowest BCUT2D eigenvalue weighted by atomic mass is 10.2. The van der Waals surface area contributed by atoms with Crippen LogP contribution in [0.4, 0.5) is 4.39 Å². The van der Waals surface area contributed by atoms with Crippen LogP contribution in [-0.2, 0) is 27.9 Å². The first-order valence-electron chi connectivity index (χ1n) is 8.56. The number of esters is 1. The quantitative estimate of drug-likeness (QED) is 0.590. The van der Waals surface area contributed by atoms with Crippen LogP contribution in [0.1, 0.15) is 43.4 Å². The van der Waals surface area contributed by atoms with Gasteiger partial charge < -0.3 is 4.74 Å². The standard InChI is InChI=1S/C16H22FN5O4S/c1-4-9-22-15(18-19-20-22)11-26-16(23)13-10-12(7-8-14(13)17)27(24,25)21(5-2)6-3/h7-8,10H,4-6,9,11H2,1-3H3. The Kier molecular flexibility index (Phi) is 6.97. The highest BCUT2D eigenvalue weighted by Gasteiger charge is 2.25. The van der Waals surface area contributed by atoms with E-state index in [0.29, 0.717) is 12.4 Å². The van der Waals surface area contributed by atoms with Crippen molar-refractivity contribution in [2.24, 2.45) is 0 Å². The molecule has 2 aromatic rings. The summed E-state index contributed by atoms with van der Waals surface area (Å²) in [7, 11) is -3.82. The molecule has 0 saturated carbocycles. The predicted octanol–water partition coefficient (Wildman–Crippen LogP) is 1.61. The summed E-state index contributed by atoms with van der Waals surface area (Å²) in [5.74, 6) is -1.54. The van der Waals surface area contributed by atoms with Gasteiger partial charge in [0.25, 0.3) is 0 Å². The number of nitrogens with zero attached hydrogens (tertiary/aromatic N) is 5. The van der Waals surface area contributed by atoms with Crippen molar-refractivity contribution in [2.75, 3.05) is 13.1 Å². The summed E-state index contributed by atoms with van der Waals surface area (Å²) in [6.45, 7) is 6.14. The second kappa shape index (κ2) is 9.00. The van der Waals surface area contributed by atoms with Crippen LogP contribution in [0.3, 0.4) is 0 Å². The molecule has 0 bridgehead atoms. The molecule has 1 aromatic carbocycles. The minimum atomic E-state index is -3.82. The lowest BCUT2D eigenvalue weighted by Gasteiger charge is -2.18. The van der Waals surface area contributed by atoms with Gasteiger partial charge in [0, 0.05) is 19.6 Å². The van der Waals surface area contributed by atoms with E-state index in [1.807, 2.05) is 6.92 Å². The van der Waals surface area contributed by atoms with Crippen LogP contribution in [0.25, 0.3) is 0 Å². The van der Waals surface area contributed by atoms with Gasteiger partial charge in [-0.05, 0) is 35.0 Å². The predicted molar refractivity (Wildman–Crippen MR) is 93.7 cm³/mol. The normalized spacial score (nSPS) is 11.7. The van der Waals surface area contributed by atoms with Crippen molar-refractivity contribution < 1.29 is 22.3 Å². The number of ether oxygens (including phenoxy) is 1. The van der Waals surface area contributed by atoms with Gasteiger partial charge in [0.15, 0.2) is 12.4 Å². The molecule has 0 unspecified atom stereocenters. The molecule has 0 spiro atoms. The molecule has 0 aliphatic heterocycles. The highest BCUT2D eigenvalue weighted by molar-refractivity contribution is 7.89. The molecule has 0 amide bonds. The molecule has 1 aromatic heterocycles. The molecule has 148 valence electrons. The molecule has 0 saturated heterocycles. The van der Waals surface area contributed by atoms with Crippen LogP contribution in [0.2, 0.25) is 0 Å². The van der Waals surface area contributed by atoms with Gasteiger partial charge in [0.2, 0.25) is 10.0 Å². The minimum Gasteiger partial charge on any atom is -0.454 e. The lowest BCUT2D eigenvalue weighted by Crippen LogP contribution is -2.30. The highest BCUT2D eigenvalue weighted by atomic mass is 32.2. The number of rotatable bonds is 9. The third-order valence-corrected chi connectivity index (χ3v) is 5.92. The van der Waals surface area contributed by atoms with Crippen LogP contribution in [0.5, 0.6) is 0 Å². The molecule has 11 heteroatoms. The van der Waals surface area contributed by atoms with E-state index < -0.39 is 27.4 Å². The fourth-order valence-electron chi connectivity index (χ4n) is 2.45. The maximum absolute atomic E-state index is 14.1. The van der Waals surface area contributed by atoms with E-state index in [1.165, 1.54) is 8.99 Å². The molecular weight excluding hydrogens is 377 g/mol. The van der Waals surface area contributed by atoms with Gasteiger partial charge in [0.1, 0.15) is 5.82 Å². The zero-order valence-electron chi connectivity index (χ0n) is 15.4. The zero-order chi connectivity index (χ0) is 20.0. The Morgan fingerprint density at radius 3 is 2.59 bits per heavy atom. The van der Waals surface area contributed by atoms with Crippen LogP contribution in [-0.4, -0.2) is 52.0 Å². The fourth-order valence-corrected chi connectivity index (χ4v) is 3.94. The Labute approximate surface area is 157 Å². The first-order valence-corrected chi connectivity index (χ1v) is 10.0. The second-order valence-corrected chi connectivity index (χ2v) is 7.56. The largest absolute Gasteiger partial charge is 0.454 e. The van der Waals surface area contributed by atoms with Crippen molar-refractivity contribution in [3.05, 3.63) is 35.4 Å². The van der Waals surface area contributed by atoms with E-state index in [9.17, 15) is 17.6 Å². The van der Waals surface area contributed by atoms with Gasteiger partial charge in [-0.1, -0.05) is 20.8 Å². The van der Waals surface area contributed by atoms with Gasteiger partial charge in [-0.2, -0.15) is 4.31 Å². The van der Waals surface area contributed by atoms with Gasteiger partial charge in [-0.25, -0.2) is 22.3 Å². The number of benzene rings is 1. The summed E-state index contributed by atoms with van der Waals surface area (Å²) in [6, 6.07) is 3.05. The van der Waals surface area contributed by atoms with Crippen molar-refractivity contribution in [1.82, 2.24) is 24.5 Å². The van der Waals surface area contributed by atoms with E-state index in [2.05, 4.69) is 15.5 Å². The SMILES string of the molecule is CCCn1nnnc1COC(=O)c1cc(S(=O)(=O)N(CC)CC)ccc1F. The van der Waals surface area contributed by atoms with Gasteiger partial charge >= 0.3 is 5.97 Å². The molecule has 27 heavy (non-hydrogen) atoms. The Balaban J connectivity index is 2.22. The van der Waals surface area contributed by atoms with Gasteiger partial charge in [0.05, 0.1) is 10.5 Å². The number of aromatic nitrogens is 4. The minimum absolute atomic E-state index is 0.171. The van der Waals surface area contributed by atoms with E-state index in [0.717, 1.165) is 24.6 Å². The highest BCUT2D eigenvalue weighted by Crippen LogP contribution is 2.20. The van der Waals surface area contributed by atoms with E-state index >= 15 is 0 Å². The first kappa shape index (κ1) is 20.9. The summed E-state index contributed by atoms with van der Waals surface area (Å²) in [5, 5.41) is 11.0. The molecule has 0 aliphatic carbocycles. The smallest absolute Gasteiger partial charge is 0.341 e.